The zero-order valence-electron chi connectivity index (χ0n) is 14.9. The van der Waals surface area contributed by atoms with Crippen molar-refractivity contribution in [3.05, 3.63) is 36.2 Å². The first-order valence-electron chi connectivity index (χ1n) is 9.27. The van der Waals surface area contributed by atoms with Crippen molar-refractivity contribution in [3.8, 4) is 0 Å². The maximum Gasteiger partial charge on any atom is 0.254 e. The molecule has 0 N–H and O–H groups in total. The molecule has 0 aromatic carbocycles. The molecule has 1 aliphatic heterocycles. The molecular weight excluding hydrogens is 328 g/mol. The summed E-state index contributed by atoms with van der Waals surface area (Å²) in [4.78, 5) is 22.4. The van der Waals surface area contributed by atoms with E-state index in [1.54, 1.807) is 12.7 Å². The van der Waals surface area contributed by atoms with Crippen LogP contribution in [0.5, 0.6) is 0 Å². The Morgan fingerprint density at radius 1 is 0.923 bits per heavy atom. The van der Waals surface area contributed by atoms with Crippen molar-refractivity contribution < 1.29 is 0 Å². The number of rotatable bonds is 3. The van der Waals surface area contributed by atoms with Gasteiger partial charge in [0.05, 0.1) is 0 Å². The lowest BCUT2D eigenvalue weighted by atomic mass is 9.83. The number of piperazine rings is 1. The van der Waals surface area contributed by atoms with Crippen LogP contribution in [0.1, 0.15) is 36.6 Å². The van der Waals surface area contributed by atoms with Gasteiger partial charge in [0, 0.05) is 55.6 Å². The Bertz CT molecular complexity index is 924. The van der Waals surface area contributed by atoms with E-state index in [1.807, 2.05) is 11.4 Å². The van der Waals surface area contributed by atoms with E-state index in [4.69, 9.17) is 0 Å². The first-order valence-corrected chi connectivity index (χ1v) is 9.27. The number of hydrogen-bond donors (Lipinski definition) is 0. The predicted molar refractivity (Wildman–Crippen MR) is 98.6 cm³/mol. The molecule has 8 heteroatoms. The van der Waals surface area contributed by atoms with Crippen LogP contribution in [0.3, 0.4) is 0 Å². The van der Waals surface area contributed by atoms with Crippen molar-refractivity contribution in [2.24, 2.45) is 0 Å². The van der Waals surface area contributed by atoms with Gasteiger partial charge in [-0.25, -0.2) is 15.0 Å². The minimum atomic E-state index is 0.637. The first-order chi connectivity index (χ1) is 12.8. The Morgan fingerprint density at radius 3 is 2.50 bits per heavy atom. The highest BCUT2D eigenvalue weighted by atomic mass is 15.4. The summed E-state index contributed by atoms with van der Waals surface area (Å²) in [5.41, 5.74) is 2.17. The van der Waals surface area contributed by atoms with E-state index in [0.717, 1.165) is 43.5 Å². The van der Waals surface area contributed by atoms with Crippen LogP contribution in [-0.4, -0.2) is 55.7 Å². The molecule has 0 atom stereocenters. The standard InChI is InChI=1S/C18H22N8/c1-13-9-17(26-18(23-13)21-12-22-26)25-7-5-24(6-8-25)16-10-15(19-11-20-16)14-3-2-4-14/h9-12,14H,2-8H2,1H3. The summed E-state index contributed by atoms with van der Waals surface area (Å²) >= 11 is 0. The normalized spacial score (nSPS) is 18.3. The van der Waals surface area contributed by atoms with Crippen molar-refractivity contribution in [2.45, 2.75) is 32.1 Å². The molecule has 2 aliphatic rings. The molecule has 3 aromatic rings. The second kappa shape index (κ2) is 6.19. The maximum atomic E-state index is 4.52. The highest BCUT2D eigenvalue weighted by Gasteiger charge is 2.24. The molecule has 26 heavy (non-hydrogen) atoms. The van der Waals surface area contributed by atoms with Gasteiger partial charge < -0.3 is 9.80 Å². The third-order valence-electron chi connectivity index (χ3n) is 5.49. The summed E-state index contributed by atoms with van der Waals surface area (Å²) in [6.45, 7) is 5.69. The fourth-order valence-electron chi connectivity index (χ4n) is 3.76. The SMILES string of the molecule is Cc1cc(N2CCN(c3cc(C4CCC4)ncn3)CC2)n2ncnc2n1. The third kappa shape index (κ3) is 2.65. The number of nitrogens with zero attached hydrogens (tertiary/aromatic N) is 8. The van der Waals surface area contributed by atoms with E-state index in [2.05, 4.69) is 47.0 Å². The average molecular weight is 350 g/mol. The Labute approximate surface area is 151 Å². The Hall–Kier alpha value is -2.77. The summed E-state index contributed by atoms with van der Waals surface area (Å²) < 4.78 is 1.82. The molecule has 1 saturated carbocycles. The third-order valence-corrected chi connectivity index (χ3v) is 5.49. The van der Waals surface area contributed by atoms with Gasteiger partial charge >= 0.3 is 0 Å². The van der Waals surface area contributed by atoms with Gasteiger partial charge in [-0.2, -0.15) is 14.6 Å². The topological polar surface area (TPSA) is 75.3 Å². The molecule has 5 rings (SSSR count). The molecular formula is C18H22N8. The quantitative estimate of drug-likeness (QED) is 0.713. The second-order valence-electron chi connectivity index (χ2n) is 7.13. The minimum Gasteiger partial charge on any atom is -0.353 e. The molecule has 0 unspecified atom stereocenters. The molecule has 134 valence electrons. The highest BCUT2D eigenvalue weighted by molar-refractivity contribution is 5.50. The van der Waals surface area contributed by atoms with E-state index < -0.39 is 0 Å². The van der Waals surface area contributed by atoms with Crippen molar-refractivity contribution in [2.75, 3.05) is 36.0 Å². The van der Waals surface area contributed by atoms with E-state index in [-0.39, 0.29) is 0 Å². The molecule has 0 spiro atoms. The number of anilines is 2. The molecule has 4 heterocycles. The van der Waals surface area contributed by atoms with Crippen LogP contribution in [0.15, 0.2) is 24.8 Å². The average Bonchev–Trinajstić information content (AvgIpc) is 3.08. The van der Waals surface area contributed by atoms with Crippen LogP contribution in [0.25, 0.3) is 5.78 Å². The van der Waals surface area contributed by atoms with Crippen LogP contribution in [-0.2, 0) is 0 Å². The zero-order valence-corrected chi connectivity index (χ0v) is 14.9. The van der Waals surface area contributed by atoms with E-state index >= 15 is 0 Å². The van der Waals surface area contributed by atoms with E-state index in [0.29, 0.717) is 11.7 Å². The summed E-state index contributed by atoms with van der Waals surface area (Å²) in [5, 5.41) is 4.33. The highest BCUT2D eigenvalue weighted by Crippen LogP contribution is 2.36. The lowest BCUT2D eigenvalue weighted by molar-refractivity contribution is 0.410. The van der Waals surface area contributed by atoms with Crippen LogP contribution >= 0.6 is 0 Å². The summed E-state index contributed by atoms with van der Waals surface area (Å²) in [7, 11) is 0. The smallest absolute Gasteiger partial charge is 0.254 e. The van der Waals surface area contributed by atoms with Gasteiger partial charge in [0.25, 0.3) is 5.78 Å². The van der Waals surface area contributed by atoms with Gasteiger partial charge in [-0.1, -0.05) is 6.42 Å². The summed E-state index contributed by atoms with van der Waals surface area (Å²) in [5.74, 6) is 3.41. The van der Waals surface area contributed by atoms with Crippen molar-refractivity contribution in [3.63, 3.8) is 0 Å². The van der Waals surface area contributed by atoms with Crippen molar-refractivity contribution >= 4 is 17.4 Å². The van der Waals surface area contributed by atoms with E-state index in [1.165, 1.54) is 25.0 Å². The molecule has 0 radical (unpaired) electrons. The molecule has 0 bridgehead atoms. The lowest BCUT2D eigenvalue weighted by Gasteiger charge is -2.36. The van der Waals surface area contributed by atoms with Gasteiger partial charge in [0.15, 0.2) is 0 Å². The number of fused-ring (bicyclic) bond motifs is 1. The predicted octanol–water partition coefficient (Wildman–Crippen LogP) is 1.82. The summed E-state index contributed by atoms with van der Waals surface area (Å²) in [6.07, 6.45) is 7.13. The lowest BCUT2D eigenvalue weighted by Crippen LogP contribution is -2.47. The summed E-state index contributed by atoms with van der Waals surface area (Å²) in [6, 6.07) is 4.27. The molecule has 0 amide bonds. The number of aryl methyl sites for hydroxylation is 1. The fourth-order valence-corrected chi connectivity index (χ4v) is 3.76. The fraction of sp³-hybridized carbons (Fsp3) is 0.500. The van der Waals surface area contributed by atoms with Gasteiger partial charge in [0.2, 0.25) is 0 Å². The monoisotopic (exact) mass is 350 g/mol. The molecule has 1 saturated heterocycles. The molecule has 8 nitrogen and oxygen atoms in total. The van der Waals surface area contributed by atoms with Crippen molar-refractivity contribution in [1.82, 2.24) is 29.5 Å². The largest absolute Gasteiger partial charge is 0.353 e. The van der Waals surface area contributed by atoms with E-state index in [9.17, 15) is 0 Å². The second-order valence-corrected chi connectivity index (χ2v) is 7.13. The number of aromatic nitrogens is 6. The van der Waals surface area contributed by atoms with Crippen LogP contribution < -0.4 is 9.80 Å². The molecule has 1 aliphatic carbocycles. The molecule has 2 fully saturated rings. The Morgan fingerprint density at radius 2 is 1.73 bits per heavy atom. The van der Waals surface area contributed by atoms with Crippen LogP contribution in [0, 0.1) is 6.92 Å². The Kier molecular flexibility index (Phi) is 3.69. The van der Waals surface area contributed by atoms with Crippen molar-refractivity contribution in [1.29, 1.82) is 0 Å². The van der Waals surface area contributed by atoms with Crippen LogP contribution in [0.2, 0.25) is 0 Å². The minimum absolute atomic E-state index is 0.637. The van der Waals surface area contributed by atoms with Gasteiger partial charge in [-0.15, -0.1) is 0 Å². The molecule has 3 aromatic heterocycles. The van der Waals surface area contributed by atoms with Gasteiger partial charge in [0.1, 0.15) is 24.3 Å². The van der Waals surface area contributed by atoms with Gasteiger partial charge in [-0.05, 0) is 19.8 Å². The maximum absolute atomic E-state index is 4.52. The zero-order chi connectivity index (χ0) is 17.5. The van der Waals surface area contributed by atoms with Crippen LogP contribution in [0.4, 0.5) is 11.6 Å². The van der Waals surface area contributed by atoms with Gasteiger partial charge in [-0.3, -0.25) is 0 Å². The first kappa shape index (κ1) is 15.5. The number of hydrogen-bond acceptors (Lipinski definition) is 7. The Balaban J connectivity index is 1.34.